The van der Waals surface area contributed by atoms with Gasteiger partial charge in [-0.2, -0.15) is 0 Å². The number of fused-ring (bicyclic) bond motifs is 1. The van der Waals surface area contributed by atoms with E-state index in [2.05, 4.69) is 19.2 Å². The molecule has 1 N–H and O–H groups in total. The first-order chi connectivity index (χ1) is 9.41. The summed E-state index contributed by atoms with van der Waals surface area (Å²) in [5.41, 5.74) is 1.51. The van der Waals surface area contributed by atoms with E-state index in [0.29, 0.717) is 17.5 Å². The van der Waals surface area contributed by atoms with E-state index >= 15 is 0 Å². The van der Waals surface area contributed by atoms with Crippen molar-refractivity contribution in [1.82, 2.24) is 5.32 Å². The molecule has 20 heavy (non-hydrogen) atoms. The first-order valence-electron chi connectivity index (χ1n) is 6.78. The van der Waals surface area contributed by atoms with E-state index in [4.69, 9.17) is 11.6 Å². The molecule has 0 unspecified atom stereocenters. The minimum atomic E-state index is -0.617. The minimum absolute atomic E-state index is 0.107. The maximum absolute atomic E-state index is 12.5. The molecular weight excluding hydrogens is 276 g/mol. The topological polar surface area (TPSA) is 49.4 Å². The molecule has 0 saturated heterocycles. The predicted molar refractivity (Wildman–Crippen MR) is 79.8 cm³/mol. The van der Waals surface area contributed by atoms with E-state index in [9.17, 15) is 9.59 Å². The third kappa shape index (κ3) is 2.80. The van der Waals surface area contributed by atoms with Crippen molar-refractivity contribution < 1.29 is 9.59 Å². The van der Waals surface area contributed by atoms with Crippen LogP contribution in [0.3, 0.4) is 0 Å². The number of nitrogens with zero attached hydrogens (tertiary/aromatic N) is 1. The Bertz CT molecular complexity index is 543. The van der Waals surface area contributed by atoms with Crippen LogP contribution < -0.4 is 10.2 Å². The number of para-hydroxylation sites is 1. The highest BCUT2D eigenvalue weighted by Gasteiger charge is 2.38. The van der Waals surface area contributed by atoms with Gasteiger partial charge in [0.25, 0.3) is 5.91 Å². The number of rotatable bonds is 4. The lowest BCUT2D eigenvalue weighted by Gasteiger charge is -2.20. The molecule has 1 aromatic carbocycles. The van der Waals surface area contributed by atoms with Gasteiger partial charge < -0.3 is 10.2 Å². The smallest absolute Gasteiger partial charge is 0.254 e. The molecule has 0 bridgehead atoms. The molecule has 0 aliphatic carbocycles. The highest BCUT2D eigenvalue weighted by Crippen LogP contribution is 2.41. The Hall–Kier alpha value is -1.55. The average molecular weight is 295 g/mol. The Morgan fingerprint density at radius 2 is 2.15 bits per heavy atom. The van der Waals surface area contributed by atoms with E-state index in [1.807, 2.05) is 6.07 Å². The molecule has 1 aromatic rings. The predicted octanol–water partition coefficient (Wildman–Crippen LogP) is 2.91. The van der Waals surface area contributed by atoms with Gasteiger partial charge in [0, 0.05) is 19.0 Å². The summed E-state index contributed by atoms with van der Waals surface area (Å²) in [7, 11) is 0. The Kier molecular flexibility index (Phi) is 4.33. The summed E-state index contributed by atoms with van der Waals surface area (Å²) >= 11 is 6.24. The maximum Gasteiger partial charge on any atom is 0.254 e. The van der Waals surface area contributed by atoms with Crippen LogP contribution in [-0.2, 0) is 9.59 Å². The van der Waals surface area contributed by atoms with E-state index in [1.165, 1.54) is 6.92 Å². The van der Waals surface area contributed by atoms with E-state index in [1.54, 1.807) is 17.0 Å². The van der Waals surface area contributed by atoms with Gasteiger partial charge in [0.15, 0.2) is 0 Å². The largest absolute Gasteiger partial charge is 0.341 e. The van der Waals surface area contributed by atoms with Crippen LogP contribution in [0.25, 0.3) is 0 Å². The normalized spacial score (nSPS) is 17.6. The van der Waals surface area contributed by atoms with Crippen LogP contribution in [0.5, 0.6) is 0 Å². The van der Waals surface area contributed by atoms with Crippen molar-refractivity contribution in [2.24, 2.45) is 5.92 Å². The fourth-order valence-electron chi connectivity index (χ4n) is 2.40. The molecule has 0 saturated carbocycles. The number of carbonyl (C=O) groups is 2. The first kappa shape index (κ1) is 14.9. The molecule has 0 aromatic heterocycles. The number of hydrogen-bond donors (Lipinski definition) is 1. The maximum atomic E-state index is 12.5. The number of halogens is 1. The molecule has 1 aliphatic heterocycles. The van der Waals surface area contributed by atoms with Gasteiger partial charge >= 0.3 is 0 Å². The third-order valence-electron chi connectivity index (χ3n) is 3.39. The summed E-state index contributed by atoms with van der Waals surface area (Å²) in [6.07, 6.45) is 0.892. The molecule has 108 valence electrons. The zero-order chi connectivity index (χ0) is 14.9. The molecule has 5 heteroatoms. The van der Waals surface area contributed by atoms with Crippen LogP contribution >= 0.6 is 11.6 Å². The lowest BCUT2D eigenvalue weighted by atomic mass is 10.1. The second-order valence-corrected chi connectivity index (χ2v) is 5.89. The second-order valence-electron chi connectivity index (χ2n) is 5.48. The number of nitrogens with one attached hydrogen (secondary N) is 1. The third-order valence-corrected chi connectivity index (χ3v) is 3.69. The van der Waals surface area contributed by atoms with Gasteiger partial charge in [0.2, 0.25) is 5.91 Å². The van der Waals surface area contributed by atoms with Crippen molar-refractivity contribution >= 4 is 29.1 Å². The van der Waals surface area contributed by atoms with E-state index < -0.39 is 6.04 Å². The van der Waals surface area contributed by atoms with Gasteiger partial charge in [-0.25, -0.2) is 0 Å². The van der Waals surface area contributed by atoms with Crippen molar-refractivity contribution in [3.8, 4) is 0 Å². The van der Waals surface area contributed by atoms with Gasteiger partial charge in [0.1, 0.15) is 6.04 Å². The van der Waals surface area contributed by atoms with Gasteiger partial charge in [-0.3, -0.25) is 9.59 Å². The van der Waals surface area contributed by atoms with Crippen LogP contribution in [-0.4, -0.2) is 18.4 Å². The van der Waals surface area contributed by atoms with Crippen molar-refractivity contribution in [2.45, 2.75) is 33.2 Å². The fourth-order valence-corrected chi connectivity index (χ4v) is 2.68. The standard InChI is InChI=1S/C15H19ClN2O2/c1-9(2)7-8-18-14-11(5-4-6-12(14)16)13(15(18)20)17-10(3)19/h4-6,9,13H,7-8H2,1-3H3,(H,17,19)/t13-/m0/s1. The highest BCUT2D eigenvalue weighted by atomic mass is 35.5. The number of carbonyl (C=O) groups excluding carboxylic acids is 2. The van der Waals surface area contributed by atoms with Crippen molar-refractivity contribution in [3.05, 3.63) is 28.8 Å². The molecule has 1 aliphatic rings. The molecule has 0 fully saturated rings. The lowest BCUT2D eigenvalue weighted by Crippen LogP contribution is -2.37. The molecule has 1 atom stereocenters. The van der Waals surface area contributed by atoms with Crippen LogP contribution in [0.15, 0.2) is 18.2 Å². The summed E-state index contributed by atoms with van der Waals surface area (Å²) in [6, 6.07) is 4.80. The molecule has 4 nitrogen and oxygen atoms in total. The fraction of sp³-hybridized carbons (Fsp3) is 0.467. The highest BCUT2D eigenvalue weighted by molar-refractivity contribution is 6.34. The Morgan fingerprint density at radius 3 is 2.75 bits per heavy atom. The summed E-state index contributed by atoms with van der Waals surface area (Å²) < 4.78 is 0. The average Bonchev–Trinajstić information content (AvgIpc) is 2.61. The van der Waals surface area contributed by atoms with E-state index in [-0.39, 0.29) is 11.8 Å². The zero-order valence-electron chi connectivity index (χ0n) is 11.9. The lowest BCUT2D eigenvalue weighted by molar-refractivity contribution is -0.126. The summed E-state index contributed by atoms with van der Waals surface area (Å²) in [5, 5.41) is 3.25. The zero-order valence-corrected chi connectivity index (χ0v) is 12.7. The minimum Gasteiger partial charge on any atom is -0.341 e. The van der Waals surface area contributed by atoms with Crippen LogP contribution in [0.4, 0.5) is 5.69 Å². The van der Waals surface area contributed by atoms with Gasteiger partial charge in [0.05, 0.1) is 10.7 Å². The molecular formula is C15H19ClN2O2. The van der Waals surface area contributed by atoms with Crippen molar-refractivity contribution in [3.63, 3.8) is 0 Å². The van der Waals surface area contributed by atoms with Crippen LogP contribution in [0.1, 0.15) is 38.8 Å². The molecule has 0 radical (unpaired) electrons. The van der Waals surface area contributed by atoms with Crippen molar-refractivity contribution in [1.29, 1.82) is 0 Å². The summed E-state index contributed by atoms with van der Waals surface area (Å²) in [5.74, 6) is 0.164. The number of hydrogen-bond acceptors (Lipinski definition) is 2. The summed E-state index contributed by atoms with van der Waals surface area (Å²) in [6.45, 7) is 6.25. The molecule has 2 rings (SSSR count). The van der Waals surface area contributed by atoms with Gasteiger partial charge in [-0.05, 0) is 18.4 Å². The quantitative estimate of drug-likeness (QED) is 0.928. The van der Waals surface area contributed by atoms with Crippen LogP contribution in [0.2, 0.25) is 5.02 Å². The SMILES string of the molecule is CC(=O)N[C@@H]1C(=O)N(CCC(C)C)c2c(Cl)cccc21. The first-order valence-corrected chi connectivity index (χ1v) is 7.16. The number of benzene rings is 1. The van der Waals surface area contributed by atoms with E-state index in [0.717, 1.165) is 17.7 Å². The summed E-state index contributed by atoms with van der Waals surface area (Å²) in [4.78, 5) is 25.5. The Balaban J connectivity index is 2.36. The molecule has 1 heterocycles. The van der Waals surface area contributed by atoms with Gasteiger partial charge in [-0.15, -0.1) is 0 Å². The monoisotopic (exact) mass is 294 g/mol. The second kappa shape index (κ2) is 5.83. The van der Waals surface area contributed by atoms with Gasteiger partial charge in [-0.1, -0.05) is 37.6 Å². The van der Waals surface area contributed by atoms with Crippen LogP contribution in [0, 0.1) is 5.92 Å². The number of anilines is 1. The Morgan fingerprint density at radius 1 is 1.45 bits per heavy atom. The Labute approximate surface area is 124 Å². The number of amides is 2. The molecule has 2 amide bonds. The van der Waals surface area contributed by atoms with Crippen molar-refractivity contribution in [2.75, 3.05) is 11.4 Å². The molecule has 0 spiro atoms.